The lowest BCUT2D eigenvalue weighted by Crippen LogP contribution is -2.43. The van der Waals surface area contributed by atoms with Gasteiger partial charge in [0, 0.05) is 24.2 Å². The molecule has 0 radical (unpaired) electrons. The van der Waals surface area contributed by atoms with Gasteiger partial charge in [-0.15, -0.1) is 0 Å². The summed E-state index contributed by atoms with van der Waals surface area (Å²) >= 11 is 0. The summed E-state index contributed by atoms with van der Waals surface area (Å²) in [5.74, 6) is -2.59. The van der Waals surface area contributed by atoms with E-state index in [1.807, 2.05) is 32.0 Å². The third-order valence-electron chi connectivity index (χ3n) is 4.86. The maximum Gasteiger partial charge on any atom is 0.311 e. The molecule has 2 aromatic rings. The summed E-state index contributed by atoms with van der Waals surface area (Å²) in [6.45, 7) is 3.47. The zero-order valence-electron chi connectivity index (χ0n) is 16.8. The lowest BCUT2D eigenvalue weighted by atomic mass is 10.1. The minimum absolute atomic E-state index is 0.0268. The highest BCUT2D eigenvalue weighted by atomic mass is 16.5. The Kier molecular flexibility index (Phi) is 6.46. The third kappa shape index (κ3) is 4.83. The predicted octanol–water partition coefficient (Wildman–Crippen LogP) is 1.66. The van der Waals surface area contributed by atoms with Gasteiger partial charge in [-0.05, 0) is 37.1 Å². The molecule has 0 unspecified atom stereocenters. The molecule has 0 aliphatic carbocycles. The number of carbonyl (C=O) groups excluding carboxylic acids is 4. The van der Waals surface area contributed by atoms with Crippen LogP contribution in [0.4, 0.5) is 5.69 Å². The molecule has 1 atom stereocenters. The summed E-state index contributed by atoms with van der Waals surface area (Å²) in [5, 5.41) is 0. The largest absolute Gasteiger partial charge is 0.455 e. The fourth-order valence-corrected chi connectivity index (χ4v) is 3.39. The van der Waals surface area contributed by atoms with Gasteiger partial charge in [0.1, 0.15) is 0 Å². The highest BCUT2D eigenvalue weighted by molar-refractivity contribution is 6.01. The van der Waals surface area contributed by atoms with Crippen molar-refractivity contribution in [3.8, 4) is 0 Å². The summed E-state index contributed by atoms with van der Waals surface area (Å²) in [6.07, 6.45) is 0.0268. The van der Waals surface area contributed by atoms with Crippen molar-refractivity contribution in [1.82, 2.24) is 10.9 Å². The highest BCUT2D eigenvalue weighted by Gasteiger charge is 2.37. The number of hydrogen-bond donors (Lipinski definition) is 2. The number of esters is 1. The average Bonchev–Trinajstić information content (AvgIpc) is 3.12. The lowest BCUT2D eigenvalue weighted by molar-refractivity contribution is -0.152. The summed E-state index contributed by atoms with van der Waals surface area (Å²) in [6, 6.07) is 14.1. The number of carbonyl (C=O) groups is 4. The second-order valence-electron chi connectivity index (χ2n) is 7.12. The molecule has 1 aliphatic heterocycles. The van der Waals surface area contributed by atoms with Crippen molar-refractivity contribution in [3.63, 3.8) is 0 Å². The number of aryl methyl sites for hydroxylation is 2. The Labute approximate surface area is 174 Å². The molecule has 3 rings (SSSR count). The fourth-order valence-electron chi connectivity index (χ4n) is 3.39. The Morgan fingerprint density at radius 1 is 1.00 bits per heavy atom. The van der Waals surface area contributed by atoms with Crippen LogP contribution in [-0.4, -0.2) is 36.8 Å². The highest BCUT2D eigenvalue weighted by Crippen LogP contribution is 2.31. The van der Waals surface area contributed by atoms with Gasteiger partial charge in [-0.25, -0.2) is 0 Å². The summed E-state index contributed by atoms with van der Waals surface area (Å²) < 4.78 is 5.04. The van der Waals surface area contributed by atoms with Crippen molar-refractivity contribution in [2.45, 2.75) is 20.3 Å². The van der Waals surface area contributed by atoms with Gasteiger partial charge in [0.2, 0.25) is 5.91 Å². The number of rotatable bonds is 5. The first-order valence-electron chi connectivity index (χ1n) is 9.54. The van der Waals surface area contributed by atoms with Crippen LogP contribution in [0.1, 0.15) is 27.9 Å². The van der Waals surface area contributed by atoms with Crippen molar-refractivity contribution >= 4 is 29.4 Å². The van der Waals surface area contributed by atoms with E-state index in [4.69, 9.17) is 4.74 Å². The second kappa shape index (κ2) is 9.21. The van der Waals surface area contributed by atoms with E-state index in [1.165, 1.54) is 0 Å². The molecule has 3 amide bonds. The second-order valence-corrected chi connectivity index (χ2v) is 7.12. The van der Waals surface area contributed by atoms with Crippen molar-refractivity contribution in [2.24, 2.45) is 5.92 Å². The monoisotopic (exact) mass is 409 g/mol. The Balaban J connectivity index is 1.49. The number of ether oxygens (including phenoxy) is 1. The zero-order chi connectivity index (χ0) is 21.7. The number of hydrazine groups is 1. The number of benzene rings is 2. The third-order valence-corrected chi connectivity index (χ3v) is 4.86. The van der Waals surface area contributed by atoms with E-state index >= 15 is 0 Å². The van der Waals surface area contributed by atoms with Crippen LogP contribution in [0.2, 0.25) is 0 Å². The predicted molar refractivity (Wildman–Crippen MR) is 109 cm³/mol. The Morgan fingerprint density at radius 3 is 2.33 bits per heavy atom. The Hall–Kier alpha value is -3.68. The standard InChI is InChI=1S/C22H23N3O5/c1-14-7-6-8-15(2)20(14)25-12-17(11-19(25)27)22(29)30-13-18(26)23-24-21(28)16-9-4-3-5-10-16/h3-10,17H,11-13H2,1-2H3,(H,23,26)(H,24,28)/t17-/m0/s1. The molecule has 1 saturated heterocycles. The summed E-state index contributed by atoms with van der Waals surface area (Å²) in [5.41, 5.74) is 7.53. The normalized spacial score (nSPS) is 15.6. The maximum atomic E-state index is 12.4. The first-order chi connectivity index (χ1) is 14.4. The van der Waals surface area contributed by atoms with Crippen LogP contribution < -0.4 is 15.8 Å². The van der Waals surface area contributed by atoms with Crippen LogP contribution in [0.5, 0.6) is 0 Å². The van der Waals surface area contributed by atoms with E-state index in [1.54, 1.807) is 35.2 Å². The summed E-state index contributed by atoms with van der Waals surface area (Å²) in [7, 11) is 0. The number of hydrogen-bond acceptors (Lipinski definition) is 5. The van der Waals surface area contributed by atoms with Crippen LogP contribution in [0, 0.1) is 19.8 Å². The molecule has 0 bridgehead atoms. The fraction of sp³-hybridized carbons (Fsp3) is 0.273. The van der Waals surface area contributed by atoms with Gasteiger partial charge in [-0.2, -0.15) is 0 Å². The van der Waals surface area contributed by atoms with E-state index in [2.05, 4.69) is 10.9 Å². The lowest BCUT2D eigenvalue weighted by Gasteiger charge is -2.21. The Bertz CT molecular complexity index is 954. The quantitative estimate of drug-likeness (QED) is 0.577. The van der Waals surface area contributed by atoms with Crippen LogP contribution in [-0.2, 0) is 19.1 Å². The van der Waals surface area contributed by atoms with Crippen LogP contribution in [0.25, 0.3) is 0 Å². The zero-order valence-corrected chi connectivity index (χ0v) is 16.8. The first kappa shape index (κ1) is 21.0. The molecule has 2 aromatic carbocycles. The molecule has 8 nitrogen and oxygen atoms in total. The minimum atomic E-state index is -0.677. The summed E-state index contributed by atoms with van der Waals surface area (Å²) in [4.78, 5) is 50.1. The van der Waals surface area contributed by atoms with E-state index < -0.39 is 30.3 Å². The van der Waals surface area contributed by atoms with Gasteiger partial charge < -0.3 is 9.64 Å². The van der Waals surface area contributed by atoms with Gasteiger partial charge in [0.15, 0.2) is 6.61 Å². The van der Waals surface area contributed by atoms with Crippen molar-refractivity contribution in [1.29, 1.82) is 0 Å². The van der Waals surface area contributed by atoms with Crippen molar-refractivity contribution in [3.05, 3.63) is 65.2 Å². The molecule has 0 saturated carbocycles. The van der Waals surface area contributed by atoms with Gasteiger partial charge in [0.05, 0.1) is 5.92 Å². The molecule has 0 spiro atoms. The van der Waals surface area contributed by atoms with Gasteiger partial charge >= 0.3 is 5.97 Å². The maximum absolute atomic E-state index is 12.4. The van der Waals surface area contributed by atoms with Gasteiger partial charge in [-0.3, -0.25) is 30.0 Å². The molecule has 30 heavy (non-hydrogen) atoms. The number of anilines is 1. The van der Waals surface area contributed by atoms with E-state index in [9.17, 15) is 19.2 Å². The molecule has 1 aliphatic rings. The number of para-hydroxylation sites is 1. The Morgan fingerprint density at radius 2 is 1.67 bits per heavy atom. The molecule has 1 fully saturated rings. The van der Waals surface area contributed by atoms with Gasteiger partial charge in [-0.1, -0.05) is 36.4 Å². The van der Waals surface area contributed by atoms with E-state index in [-0.39, 0.29) is 18.9 Å². The van der Waals surface area contributed by atoms with Gasteiger partial charge in [0.25, 0.3) is 11.8 Å². The van der Waals surface area contributed by atoms with E-state index in [0.717, 1.165) is 16.8 Å². The molecule has 8 heteroatoms. The average molecular weight is 409 g/mol. The van der Waals surface area contributed by atoms with E-state index in [0.29, 0.717) is 5.56 Å². The van der Waals surface area contributed by atoms with Crippen LogP contribution in [0.15, 0.2) is 48.5 Å². The van der Waals surface area contributed by atoms with Crippen LogP contribution >= 0.6 is 0 Å². The number of nitrogens with one attached hydrogen (secondary N) is 2. The molecular formula is C22H23N3O5. The molecule has 1 heterocycles. The van der Waals surface area contributed by atoms with Crippen molar-refractivity contribution in [2.75, 3.05) is 18.1 Å². The number of nitrogens with zero attached hydrogens (tertiary/aromatic N) is 1. The molecule has 0 aromatic heterocycles. The molecular weight excluding hydrogens is 386 g/mol. The molecule has 156 valence electrons. The first-order valence-corrected chi connectivity index (χ1v) is 9.54. The van der Waals surface area contributed by atoms with Crippen LogP contribution in [0.3, 0.4) is 0 Å². The molecule has 2 N–H and O–H groups in total. The smallest absolute Gasteiger partial charge is 0.311 e. The topological polar surface area (TPSA) is 105 Å². The minimum Gasteiger partial charge on any atom is -0.455 e. The SMILES string of the molecule is Cc1cccc(C)c1N1C[C@@H](C(=O)OCC(=O)NNC(=O)c2ccccc2)CC1=O. The number of amides is 3. The van der Waals surface area contributed by atoms with Crippen molar-refractivity contribution < 1.29 is 23.9 Å².